The first-order chi connectivity index (χ1) is 18.7. The lowest BCUT2D eigenvalue weighted by molar-refractivity contribution is 0.102. The second kappa shape index (κ2) is 10.2. The number of carbonyl (C=O) groups is 1. The molecule has 0 fully saturated rings. The van der Waals surface area contributed by atoms with Crippen LogP contribution >= 0.6 is 0 Å². The third-order valence-corrected chi connectivity index (χ3v) is 6.77. The predicted molar refractivity (Wildman–Crippen MR) is 157 cm³/mol. The number of hydrogen-bond acceptors (Lipinski definition) is 2. The zero-order valence-electron chi connectivity index (χ0n) is 21.1. The van der Waals surface area contributed by atoms with Gasteiger partial charge < -0.3 is 5.32 Å². The SMILES string of the molecule is Cc1ccc(NC(=O)c2ccccc2N=C(C=C2c3ccccc3-c3ccccc32)c2ccccc2)cc1. The summed E-state index contributed by atoms with van der Waals surface area (Å²) in [5.41, 5.74) is 10.7. The van der Waals surface area contributed by atoms with Crippen molar-refractivity contribution in [2.75, 3.05) is 5.32 Å². The van der Waals surface area contributed by atoms with Gasteiger partial charge in [-0.3, -0.25) is 4.79 Å². The Hall–Kier alpha value is -5.02. The molecule has 38 heavy (non-hydrogen) atoms. The summed E-state index contributed by atoms with van der Waals surface area (Å²) in [4.78, 5) is 18.4. The summed E-state index contributed by atoms with van der Waals surface area (Å²) in [6.07, 6.45) is 2.15. The van der Waals surface area contributed by atoms with Crippen LogP contribution in [0.2, 0.25) is 0 Å². The Balaban J connectivity index is 1.47. The van der Waals surface area contributed by atoms with Crippen LogP contribution in [0.25, 0.3) is 16.7 Å². The highest BCUT2D eigenvalue weighted by atomic mass is 16.1. The maximum atomic E-state index is 13.3. The van der Waals surface area contributed by atoms with E-state index < -0.39 is 0 Å². The van der Waals surface area contributed by atoms with Crippen molar-refractivity contribution in [1.82, 2.24) is 0 Å². The topological polar surface area (TPSA) is 41.5 Å². The molecular weight excluding hydrogens is 464 g/mol. The summed E-state index contributed by atoms with van der Waals surface area (Å²) in [6, 6.07) is 42.3. The normalized spacial score (nSPS) is 12.0. The number of hydrogen-bond donors (Lipinski definition) is 1. The highest BCUT2D eigenvalue weighted by molar-refractivity contribution is 6.18. The number of para-hydroxylation sites is 1. The van der Waals surface area contributed by atoms with E-state index in [-0.39, 0.29) is 5.91 Å². The lowest BCUT2D eigenvalue weighted by Crippen LogP contribution is -2.12. The Morgan fingerprint density at radius 3 is 1.84 bits per heavy atom. The van der Waals surface area contributed by atoms with E-state index in [4.69, 9.17) is 4.99 Å². The van der Waals surface area contributed by atoms with Crippen molar-refractivity contribution in [3.63, 3.8) is 0 Å². The number of nitrogens with one attached hydrogen (secondary N) is 1. The number of allylic oxidation sites excluding steroid dienone is 1. The molecule has 0 atom stereocenters. The average molecular weight is 491 g/mol. The summed E-state index contributed by atoms with van der Waals surface area (Å²) in [6.45, 7) is 2.02. The summed E-state index contributed by atoms with van der Waals surface area (Å²) >= 11 is 0. The van der Waals surface area contributed by atoms with E-state index in [1.54, 1.807) is 0 Å². The first-order valence-corrected chi connectivity index (χ1v) is 12.7. The summed E-state index contributed by atoms with van der Waals surface area (Å²) in [7, 11) is 0. The zero-order chi connectivity index (χ0) is 25.9. The number of rotatable bonds is 5. The number of nitrogens with zero attached hydrogens (tertiary/aromatic N) is 1. The van der Waals surface area contributed by atoms with Crippen molar-refractivity contribution in [1.29, 1.82) is 0 Å². The molecule has 3 nitrogen and oxygen atoms in total. The van der Waals surface area contributed by atoms with Gasteiger partial charge in [0.1, 0.15) is 0 Å². The van der Waals surface area contributed by atoms with Gasteiger partial charge in [0, 0.05) is 11.3 Å². The number of aliphatic imine (C=N–C) groups is 1. The summed E-state index contributed by atoms with van der Waals surface area (Å²) in [5.74, 6) is -0.190. The highest BCUT2D eigenvalue weighted by Gasteiger charge is 2.23. The molecule has 0 spiro atoms. The van der Waals surface area contributed by atoms with Gasteiger partial charge in [-0.15, -0.1) is 0 Å². The standard InChI is InChI=1S/C35H26N2O/c1-24-19-21-26(22-20-24)36-35(38)31-17-9-10-18-33(31)37-34(25-11-3-2-4-12-25)23-32-29-15-7-5-13-27(29)28-14-6-8-16-30(28)32/h2-23H,1H3,(H,36,38). The Morgan fingerprint density at radius 2 is 1.18 bits per heavy atom. The van der Waals surface area contributed by atoms with Gasteiger partial charge in [-0.1, -0.05) is 109 Å². The van der Waals surface area contributed by atoms with Gasteiger partial charge in [0.15, 0.2) is 0 Å². The molecule has 182 valence electrons. The first kappa shape index (κ1) is 23.4. The lowest BCUT2D eigenvalue weighted by atomic mass is 9.99. The molecule has 0 saturated heterocycles. The van der Waals surface area contributed by atoms with Crippen LogP contribution in [0.3, 0.4) is 0 Å². The van der Waals surface area contributed by atoms with Crippen LogP contribution in [0, 0.1) is 6.92 Å². The Kier molecular flexibility index (Phi) is 6.25. The van der Waals surface area contributed by atoms with Crippen molar-refractivity contribution in [2.24, 2.45) is 4.99 Å². The molecule has 0 aromatic heterocycles. The van der Waals surface area contributed by atoms with Crippen LogP contribution in [0.5, 0.6) is 0 Å². The molecule has 1 aliphatic rings. The molecule has 1 aliphatic carbocycles. The lowest BCUT2D eigenvalue weighted by Gasteiger charge is -2.10. The molecular formula is C35H26N2O. The second-order valence-corrected chi connectivity index (χ2v) is 9.35. The smallest absolute Gasteiger partial charge is 0.257 e. The van der Waals surface area contributed by atoms with Gasteiger partial charge in [0.05, 0.1) is 17.0 Å². The van der Waals surface area contributed by atoms with Gasteiger partial charge in [0.2, 0.25) is 0 Å². The predicted octanol–water partition coefficient (Wildman–Crippen LogP) is 8.48. The van der Waals surface area contributed by atoms with Crippen molar-refractivity contribution in [3.05, 3.63) is 161 Å². The van der Waals surface area contributed by atoms with Crippen LogP contribution in [-0.2, 0) is 0 Å². The Morgan fingerprint density at radius 1 is 0.632 bits per heavy atom. The summed E-state index contributed by atoms with van der Waals surface area (Å²) < 4.78 is 0. The number of benzene rings is 5. The van der Waals surface area contributed by atoms with Crippen LogP contribution in [0.4, 0.5) is 11.4 Å². The van der Waals surface area contributed by atoms with Crippen molar-refractivity contribution < 1.29 is 4.79 Å². The minimum atomic E-state index is -0.190. The fourth-order valence-electron chi connectivity index (χ4n) is 4.86. The van der Waals surface area contributed by atoms with Gasteiger partial charge in [-0.25, -0.2) is 4.99 Å². The number of aryl methyl sites for hydroxylation is 1. The van der Waals surface area contributed by atoms with E-state index in [9.17, 15) is 4.79 Å². The third kappa shape index (κ3) is 4.58. The largest absolute Gasteiger partial charge is 0.322 e. The van der Waals surface area contributed by atoms with Gasteiger partial charge in [-0.2, -0.15) is 0 Å². The molecule has 6 rings (SSSR count). The number of fused-ring (bicyclic) bond motifs is 3. The van der Waals surface area contributed by atoms with E-state index in [1.165, 1.54) is 22.3 Å². The molecule has 1 N–H and O–H groups in total. The van der Waals surface area contributed by atoms with Crippen molar-refractivity contribution >= 4 is 28.6 Å². The molecule has 1 amide bonds. The van der Waals surface area contributed by atoms with Gasteiger partial charge in [-0.05, 0) is 65.1 Å². The maximum Gasteiger partial charge on any atom is 0.257 e. The van der Waals surface area contributed by atoms with Crippen LogP contribution in [-0.4, -0.2) is 11.6 Å². The van der Waals surface area contributed by atoms with E-state index in [0.717, 1.165) is 28.1 Å². The van der Waals surface area contributed by atoms with E-state index in [1.807, 2.05) is 73.7 Å². The number of anilines is 1. The fraction of sp³-hybridized carbons (Fsp3) is 0.0286. The van der Waals surface area contributed by atoms with Crippen molar-refractivity contribution in [3.8, 4) is 11.1 Å². The molecule has 0 aliphatic heterocycles. The zero-order valence-corrected chi connectivity index (χ0v) is 21.1. The Labute approximate surface area is 222 Å². The highest BCUT2D eigenvalue weighted by Crippen LogP contribution is 2.44. The number of amides is 1. The van der Waals surface area contributed by atoms with Crippen LogP contribution < -0.4 is 5.32 Å². The second-order valence-electron chi connectivity index (χ2n) is 9.35. The Bertz CT molecular complexity index is 1650. The molecule has 0 bridgehead atoms. The minimum absolute atomic E-state index is 0.190. The number of carbonyl (C=O) groups excluding carboxylic acids is 1. The monoisotopic (exact) mass is 490 g/mol. The van der Waals surface area contributed by atoms with Gasteiger partial charge in [0.25, 0.3) is 5.91 Å². The van der Waals surface area contributed by atoms with Crippen LogP contribution in [0.1, 0.15) is 32.6 Å². The quantitative estimate of drug-likeness (QED) is 0.242. The first-order valence-electron chi connectivity index (χ1n) is 12.7. The van der Waals surface area contributed by atoms with E-state index >= 15 is 0 Å². The summed E-state index contributed by atoms with van der Waals surface area (Å²) in [5, 5.41) is 3.01. The maximum absolute atomic E-state index is 13.3. The minimum Gasteiger partial charge on any atom is -0.322 e. The average Bonchev–Trinajstić information content (AvgIpc) is 3.28. The molecule has 0 heterocycles. The van der Waals surface area contributed by atoms with E-state index in [2.05, 4.69) is 72.1 Å². The fourth-order valence-corrected chi connectivity index (χ4v) is 4.86. The molecule has 3 heteroatoms. The molecule has 0 unspecified atom stereocenters. The molecule has 0 radical (unpaired) electrons. The molecule has 0 saturated carbocycles. The van der Waals surface area contributed by atoms with Crippen LogP contribution in [0.15, 0.2) is 138 Å². The van der Waals surface area contributed by atoms with E-state index in [0.29, 0.717) is 11.3 Å². The molecule has 5 aromatic rings. The molecule has 5 aromatic carbocycles. The van der Waals surface area contributed by atoms with Crippen molar-refractivity contribution in [2.45, 2.75) is 6.92 Å². The third-order valence-electron chi connectivity index (χ3n) is 6.77. The van der Waals surface area contributed by atoms with Gasteiger partial charge >= 0.3 is 0 Å².